The first-order valence-corrected chi connectivity index (χ1v) is 36.1. The Morgan fingerprint density at radius 3 is 1.40 bits per heavy atom. The fourth-order valence-corrected chi connectivity index (χ4v) is 11.6. The van der Waals surface area contributed by atoms with Crippen LogP contribution in [0.1, 0.15) is 69.0 Å². The molecule has 0 spiro atoms. The molecule has 0 unspecified atom stereocenters. The molecule has 17 rings (SSSR count). The molecule has 31 heteroatoms. The molecule has 0 bridgehead atoms. The molecule has 2 aliphatic heterocycles. The minimum atomic E-state index is -0.875. The van der Waals surface area contributed by atoms with Crippen molar-refractivity contribution in [2.75, 3.05) is 49.5 Å². The van der Waals surface area contributed by atoms with Crippen molar-refractivity contribution < 1.29 is 34.8 Å². The SMILES string of the molecule is Cc1ccc(-c2noc(CCC(=O)Nc3cccc(Nc4n[nH]c(=O)c5ccccc45)c3)n2)cc1.Cc1ccc(-c2noc(CCC(=O)O)n2)cc1.NC1=NC(=O)c2ccccc21.NN.Nc1cccc(N)c1.Nc1cccc(N=C2c3ccccc3C(=O)N2c2cccc(N)c2)c1.Nc1cccc(Nc2n[nH]c(=O)c3ccccc23)c1.[2HH]. The highest BCUT2D eigenvalue weighted by Gasteiger charge is 2.35. The monoisotopic (exact) mass is 1570 g/mol. The molecule has 22 N–H and O–H groups in total. The Labute approximate surface area is 669 Å². The van der Waals surface area contributed by atoms with Crippen molar-refractivity contribution in [2.45, 2.75) is 39.5 Å². The van der Waals surface area contributed by atoms with Gasteiger partial charge >= 0.3 is 5.97 Å². The summed E-state index contributed by atoms with van der Waals surface area (Å²) >= 11 is 0. The van der Waals surface area contributed by atoms with E-state index in [1.54, 1.807) is 102 Å². The van der Waals surface area contributed by atoms with Gasteiger partial charge in [0, 0.05) is 99.2 Å². The molecular formula is C86H82N22O9. The number of hydrogen-bond acceptors (Lipinski definition) is 25. The first-order chi connectivity index (χ1) is 56.6. The normalized spacial score (nSPS) is 11.7. The number of benzene rings is 11. The van der Waals surface area contributed by atoms with Crippen molar-refractivity contribution in [3.05, 3.63) is 333 Å². The number of rotatable bonds is 15. The van der Waals surface area contributed by atoms with Gasteiger partial charge in [0.05, 0.1) is 39.7 Å². The summed E-state index contributed by atoms with van der Waals surface area (Å²) in [5.74, 6) is 10.3. The van der Waals surface area contributed by atoms with Crippen LogP contribution in [0.5, 0.6) is 0 Å². The number of fused-ring (bicyclic) bond motifs is 4. The van der Waals surface area contributed by atoms with Crippen LogP contribution in [0.2, 0.25) is 0 Å². The third kappa shape index (κ3) is 22.1. The molecule has 11 aromatic carbocycles. The second-order valence-electron chi connectivity index (χ2n) is 25.9. The van der Waals surface area contributed by atoms with Crippen LogP contribution in [-0.2, 0) is 22.4 Å². The van der Waals surface area contributed by atoms with Crippen LogP contribution in [0.3, 0.4) is 0 Å². The van der Waals surface area contributed by atoms with Gasteiger partial charge in [-0.05, 0) is 129 Å². The molecule has 0 saturated heterocycles. The van der Waals surface area contributed by atoms with E-state index in [9.17, 15) is 28.8 Å². The van der Waals surface area contributed by atoms with Crippen LogP contribution in [0.4, 0.5) is 68.5 Å². The number of aromatic amines is 2. The van der Waals surface area contributed by atoms with E-state index in [1.165, 1.54) is 0 Å². The zero-order valence-corrected chi connectivity index (χ0v) is 63.1. The first-order valence-electron chi connectivity index (χ1n) is 36.1. The number of amidine groups is 2. The number of amides is 3. The van der Waals surface area contributed by atoms with Gasteiger partial charge in [-0.2, -0.15) is 25.2 Å². The Hall–Kier alpha value is -16.3. The van der Waals surface area contributed by atoms with Gasteiger partial charge in [-0.15, -0.1) is 0 Å². The van der Waals surface area contributed by atoms with Gasteiger partial charge in [0.2, 0.25) is 29.3 Å². The Morgan fingerprint density at radius 2 is 0.897 bits per heavy atom. The highest BCUT2D eigenvalue weighted by atomic mass is 16.5. The highest BCUT2D eigenvalue weighted by Crippen LogP contribution is 2.33. The predicted molar refractivity (Wildman–Crippen MR) is 459 cm³/mol. The summed E-state index contributed by atoms with van der Waals surface area (Å²) in [7, 11) is 0. The number of aryl methyl sites for hydroxylation is 4. The van der Waals surface area contributed by atoms with Crippen molar-refractivity contribution in [2.24, 2.45) is 27.4 Å². The Kier molecular flexibility index (Phi) is 27.3. The second-order valence-corrected chi connectivity index (χ2v) is 25.9. The quantitative estimate of drug-likeness (QED) is 0.0257. The number of hydrazine groups is 1. The summed E-state index contributed by atoms with van der Waals surface area (Å²) < 4.78 is 10.3. The molecule has 0 saturated carbocycles. The Balaban J connectivity index is 0.000000156. The van der Waals surface area contributed by atoms with E-state index in [2.05, 4.69) is 73.3 Å². The summed E-state index contributed by atoms with van der Waals surface area (Å²) in [4.78, 5) is 89.0. The minimum Gasteiger partial charge on any atom is -0.481 e. The van der Waals surface area contributed by atoms with E-state index >= 15 is 0 Å². The number of H-pyrrole nitrogens is 2. The smallest absolute Gasteiger partial charge is 0.303 e. The van der Waals surface area contributed by atoms with Gasteiger partial charge in [0.1, 0.15) is 11.7 Å². The van der Waals surface area contributed by atoms with Gasteiger partial charge in [-0.3, -0.25) is 45.4 Å². The zero-order valence-electron chi connectivity index (χ0n) is 63.1. The van der Waals surface area contributed by atoms with Gasteiger partial charge in [-0.25, -0.2) is 15.2 Å². The average molecular weight is 1570 g/mol. The number of carboxylic acid groups (broad SMARTS) is 1. The van der Waals surface area contributed by atoms with E-state index in [0.717, 1.165) is 44.5 Å². The van der Waals surface area contributed by atoms with Gasteiger partial charge in [0.25, 0.3) is 22.9 Å². The van der Waals surface area contributed by atoms with Crippen LogP contribution >= 0.6 is 0 Å². The van der Waals surface area contributed by atoms with Crippen molar-refractivity contribution >= 4 is 125 Å². The topological polar surface area (TPSA) is 530 Å². The molecule has 15 aromatic rings. The number of aromatic nitrogens is 8. The maximum atomic E-state index is 13.0. The van der Waals surface area contributed by atoms with Gasteiger partial charge in [0.15, 0.2) is 11.6 Å². The molecule has 0 fully saturated rings. The van der Waals surface area contributed by atoms with E-state index in [0.29, 0.717) is 132 Å². The van der Waals surface area contributed by atoms with Crippen LogP contribution in [-0.4, -0.2) is 81.1 Å². The number of nitrogens with zero attached hydrogens (tertiary/aromatic N) is 9. The summed E-state index contributed by atoms with van der Waals surface area (Å²) in [5, 5.41) is 41.4. The van der Waals surface area contributed by atoms with Crippen LogP contribution in [0.25, 0.3) is 44.3 Å². The largest absolute Gasteiger partial charge is 0.481 e. The van der Waals surface area contributed by atoms with Gasteiger partial charge in [-0.1, -0.05) is 173 Å². The highest BCUT2D eigenvalue weighted by molar-refractivity contribution is 6.36. The molecule has 31 nitrogen and oxygen atoms in total. The average Bonchev–Trinajstić information content (AvgIpc) is 1.60. The summed E-state index contributed by atoms with van der Waals surface area (Å²) in [5.41, 5.74) is 46.9. The van der Waals surface area contributed by atoms with Crippen LogP contribution in [0, 0.1) is 13.8 Å². The number of nitrogens with two attached hydrogens (primary N) is 8. The number of aliphatic carboxylic acids is 1. The van der Waals surface area contributed by atoms with Crippen molar-refractivity contribution in [1.82, 2.24) is 40.7 Å². The summed E-state index contributed by atoms with van der Waals surface area (Å²) in [6.07, 6.45) is 0.777. The summed E-state index contributed by atoms with van der Waals surface area (Å²) in [6.45, 7) is 4.01. The minimum absolute atomic E-state index is 0. The lowest BCUT2D eigenvalue weighted by molar-refractivity contribution is -0.137. The number of carboxylic acids is 1. The summed E-state index contributed by atoms with van der Waals surface area (Å²) in [6, 6.07) is 80.9. The van der Waals surface area contributed by atoms with E-state index < -0.39 is 5.97 Å². The molecule has 2 aliphatic rings. The molecule has 117 heavy (non-hydrogen) atoms. The molecule has 0 aliphatic carbocycles. The predicted octanol–water partition coefficient (Wildman–Crippen LogP) is 13.0. The fourth-order valence-electron chi connectivity index (χ4n) is 11.6. The Bertz CT molecular complexity index is 6210. The van der Waals surface area contributed by atoms with E-state index in [4.69, 9.17) is 53.5 Å². The van der Waals surface area contributed by atoms with Crippen LogP contribution in [0.15, 0.2) is 296 Å². The molecule has 3 amide bonds. The zero-order chi connectivity index (χ0) is 82.9. The molecule has 0 radical (unpaired) electrons. The first kappa shape index (κ1) is 81.7. The number of anilines is 11. The lowest BCUT2D eigenvalue weighted by Crippen LogP contribution is -2.30. The number of hydrogen-bond donors (Lipinski definition) is 14. The molecular weight excluding hydrogens is 1490 g/mol. The Morgan fingerprint density at radius 1 is 0.462 bits per heavy atom. The lowest BCUT2D eigenvalue weighted by atomic mass is 10.1. The third-order valence-corrected chi connectivity index (χ3v) is 17.2. The fraction of sp³-hybridized carbons (Fsp3) is 0.0698. The number of carbonyl (C=O) groups excluding carboxylic acids is 3. The van der Waals surface area contributed by atoms with Crippen molar-refractivity contribution in [1.29, 1.82) is 0 Å². The number of carbonyl (C=O) groups is 4. The van der Waals surface area contributed by atoms with Crippen molar-refractivity contribution in [3.63, 3.8) is 0 Å². The molecule has 6 heterocycles. The lowest BCUT2D eigenvalue weighted by Gasteiger charge is -2.18. The number of aliphatic imine (C=N–C) groups is 2. The standard InChI is InChI=1S/C26H22N6O3.C20H16N4O.C14H12N4O.C12H12N2O3.C8H6N2O.C6H8N2.H4N2.H2/c1-16-9-11-17(12-10-16)24-29-23(35-32-24)14-13-22(33)27-18-5-4-6-19(15-18)28-25-20-7-2-3-8-21(20)26(34)31-30-25;21-13-5-3-7-15(11-13)23-19-17-9-1-2-10-18(17)20(25)24(19)16-8-4-6-14(22)12-16;15-9-4-3-5-10(8-9)16-13-11-6-1-2-7-12(11)14(19)18-17-13;1-8-2-4-9(5-3-8)12-13-10(17-14-12)6-7-11(15)16;9-7-5-3-1-2-4-6(5)8(11)10-7;7-5-2-1-3-6(8)4-5;1-2;/h2-12,15H,13-14H2,1H3,(H,27,33)(H,28,30)(H,31,34);1-12H,21-22H2;1-8H,15H2,(H,16,17)(H,18,19);2-5H,6-7H2,1H3,(H,15,16);1-4H,(H2,9,10,11);1-4H,7-8H2;1-2H2;1H/i;;;;;;;1+1. The molecule has 0 atom stereocenters. The molecule has 4 aromatic heterocycles. The van der Waals surface area contributed by atoms with Crippen LogP contribution < -0.4 is 78.1 Å². The molecule has 590 valence electrons. The van der Waals surface area contributed by atoms with Crippen molar-refractivity contribution in [3.8, 4) is 22.8 Å². The van der Waals surface area contributed by atoms with E-state index in [1.807, 2.05) is 184 Å². The number of nitrogen functional groups attached to an aromatic ring is 5. The number of nitrogens with one attached hydrogen (secondary N) is 5. The third-order valence-electron chi connectivity index (χ3n) is 17.2. The van der Waals surface area contributed by atoms with Gasteiger partial charge < -0.3 is 64.5 Å². The second kappa shape index (κ2) is 39.1. The maximum absolute atomic E-state index is 13.0. The van der Waals surface area contributed by atoms with E-state index in [-0.39, 0.29) is 49.5 Å². The maximum Gasteiger partial charge on any atom is 0.303 e.